The monoisotopic (exact) mass is 303 g/mol. The number of nitrogens with zero attached hydrogens (tertiary/aromatic N) is 2. The first-order chi connectivity index (χ1) is 10.6. The summed E-state index contributed by atoms with van der Waals surface area (Å²) in [5, 5.41) is 0. The van der Waals surface area contributed by atoms with Crippen molar-refractivity contribution in [2.45, 2.75) is 13.0 Å². The van der Waals surface area contributed by atoms with E-state index >= 15 is 0 Å². The Morgan fingerprint density at radius 2 is 1.95 bits per heavy atom. The van der Waals surface area contributed by atoms with E-state index < -0.39 is 11.6 Å². The van der Waals surface area contributed by atoms with Crippen LogP contribution in [0.25, 0.3) is 11.1 Å². The van der Waals surface area contributed by atoms with Crippen LogP contribution in [0.4, 0.5) is 14.5 Å². The number of halogens is 2. The van der Waals surface area contributed by atoms with Crippen molar-refractivity contribution in [1.82, 2.24) is 9.88 Å². The molecule has 1 atom stereocenters. The van der Waals surface area contributed by atoms with E-state index in [1.165, 1.54) is 12.1 Å². The largest absolute Gasteiger partial charge is 0.357 e. The first kappa shape index (κ1) is 13.5. The lowest BCUT2D eigenvalue weighted by Crippen LogP contribution is -2.49. The molecule has 1 unspecified atom stereocenters. The molecule has 2 aromatic rings. The third-order valence-corrected chi connectivity index (χ3v) is 4.32. The molecule has 6 heteroatoms. The topological polar surface area (TPSA) is 39.3 Å². The Hall–Kier alpha value is -2.21. The highest BCUT2D eigenvalue weighted by molar-refractivity contribution is 5.69. The molecule has 1 fully saturated rings. The Morgan fingerprint density at radius 3 is 2.77 bits per heavy atom. The number of anilines is 1. The second-order valence-electron chi connectivity index (χ2n) is 5.81. The molecule has 0 spiro atoms. The SMILES string of the molecule is O=c1[nH]c2c(cc1-c1ccc(F)cc1F)N1CCCN(C2)C1. The molecule has 2 aliphatic rings. The van der Waals surface area contributed by atoms with E-state index in [-0.39, 0.29) is 16.7 Å². The second kappa shape index (κ2) is 4.91. The number of hydrogen-bond donors (Lipinski definition) is 1. The van der Waals surface area contributed by atoms with E-state index in [0.717, 1.165) is 43.6 Å². The van der Waals surface area contributed by atoms with Gasteiger partial charge in [0.25, 0.3) is 5.56 Å². The molecule has 1 N–H and O–H groups in total. The summed E-state index contributed by atoms with van der Waals surface area (Å²) in [7, 11) is 0. The highest BCUT2D eigenvalue weighted by Crippen LogP contribution is 2.31. The van der Waals surface area contributed by atoms with Crippen molar-refractivity contribution in [3.8, 4) is 11.1 Å². The molecule has 1 aromatic carbocycles. The standard InChI is InChI=1S/C16H15F2N3O/c17-10-2-3-11(13(18)6-10)12-7-15-14(19-16(12)22)8-20-4-1-5-21(15)9-20/h2-3,6-7H,1,4-5,8-9H2,(H,19,22). The number of rotatable bonds is 1. The zero-order valence-electron chi connectivity index (χ0n) is 11.9. The fourth-order valence-electron chi connectivity index (χ4n) is 3.29. The predicted molar refractivity (Wildman–Crippen MR) is 79.7 cm³/mol. The number of nitrogens with one attached hydrogen (secondary N) is 1. The number of aromatic amines is 1. The fourth-order valence-corrected chi connectivity index (χ4v) is 3.29. The Morgan fingerprint density at radius 1 is 1.09 bits per heavy atom. The summed E-state index contributed by atoms with van der Waals surface area (Å²) >= 11 is 0. The van der Waals surface area contributed by atoms with Gasteiger partial charge in [-0.25, -0.2) is 8.78 Å². The van der Waals surface area contributed by atoms with Crippen LogP contribution in [0.5, 0.6) is 0 Å². The third kappa shape index (κ3) is 2.11. The van der Waals surface area contributed by atoms with Gasteiger partial charge in [0.15, 0.2) is 0 Å². The van der Waals surface area contributed by atoms with Gasteiger partial charge in [-0.3, -0.25) is 9.69 Å². The van der Waals surface area contributed by atoms with E-state index in [0.29, 0.717) is 6.54 Å². The molecule has 3 heterocycles. The Bertz CT molecular complexity index is 802. The Balaban J connectivity index is 1.86. The molecule has 1 saturated heterocycles. The van der Waals surface area contributed by atoms with Crippen molar-refractivity contribution in [2.24, 2.45) is 0 Å². The van der Waals surface area contributed by atoms with Gasteiger partial charge in [0.2, 0.25) is 0 Å². The first-order valence-corrected chi connectivity index (χ1v) is 7.31. The average Bonchev–Trinajstić information content (AvgIpc) is 2.48. The van der Waals surface area contributed by atoms with Crippen LogP contribution in [0, 0.1) is 11.6 Å². The van der Waals surface area contributed by atoms with Gasteiger partial charge >= 0.3 is 0 Å². The average molecular weight is 303 g/mol. The van der Waals surface area contributed by atoms with Crippen LogP contribution in [0.3, 0.4) is 0 Å². The number of H-pyrrole nitrogens is 1. The molecule has 1 aromatic heterocycles. The van der Waals surface area contributed by atoms with Crippen molar-refractivity contribution >= 4 is 5.69 Å². The minimum atomic E-state index is -0.721. The van der Waals surface area contributed by atoms with Gasteiger partial charge in [-0.1, -0.05) is 0 Å². The number of benzene rings is 1. The summed E-state index contributed by atoms with van der Waals surface area (Å²) in [5.41, 5.74) is 1.84. The van der Waals surface area contributed by atoms with Crippen molar-refractivity contribution < 1.29 is 8.78 Å². The third-order valence-electron chi connectivity index (χ3n) is 4.32. The van der Waals surface area contributed by atoms with Gasteiger partial charge in [-0.05, 0) is 24.6 Å². The normalized spacial score (nSPS) is 19.9. The van der Waals surface area contributed by atoms with E-state index in [4.69, 9.17) is 0 Å². The predicted octanol–water partition coefficient (Wildman–Crippen LogP) is 2.30. The minimum absolute atomic E-state index is 0.130. The van der Waals surface area contributed by atoms with Crippen molar-refractivity contribution in [1.29, 1.82) is 0 Å². The molecule has 0 aliphatic carbocycles. The van der Waals surface area contributed by atoms with E-state index in [9.17, 15) is 13.6 Å². The molecule has 0 saturated carbocycles. The number of pyridine rings is 1. The number of hydrogen-bond acceptors (Lipinski definition) is 3. The van der Waals surface area contributed by atoms with Gasteiger partial charge in [0.05, 0.1) is 23.6 Å². The molecule has 4 rings (SSSR count). The Kier molecular flexibility index (Phi) is 3.00. The molecular formula is C16H15F2N3O. The van der Waals surface area contributed by atoms with Gasteiger partial charge < -0.3 is 9.88 Å². The molecule has 114 valence electrons. The zero-order valence-corrected chi connectivity index (χ0v) is 11.9. The summed E-state index contributed by atoms with van der Waals surface area (Å²) in [5.74, 6) is -1.37. The lowest BCUT2D eigenvalue weighted by Gasteiger charge is -2.42. The lowest BCUT2D eigenvalue weighted by molar-refractivity contribution is 0.216. The van der Waals surface area contributed by atoms with Crippen LogP contribution in [0.15, 0.2) is 29.1 Å². The molecule has 2 aliphatic heterocycles. The maximum atomic E-state index is 14.0. The maximum absolute atomic E-state index is 14.0. The smallest absolute Gasteiger partial charge is 0.256 e. The van der Waals surface area contributed by atoms with Crippen LogP contribution in [0.2, 0.25) is 0 Å². The molecule has 4 nitrogen and oxygen atoms in total. The molecule has 0 amide bonds. The minimum Gasteiger partial charge on any atom is -0.357 e. The second-order valence-corrected chi connectivity index (χ2v) is 5.81. The van der Waals surface area contributed by atoms with Gasteiger partial charge in [-0.2, -0.15) is 0 Å². The summed E-state index contributed by atoms with van der Waals surface area (Å²) in [6.45, 7) is 3.46. The van der Waals surface area contributed by atoms with Crippen molar-refractivity contribution in [2.75, 3.05) is 24.7 Å². The summed E-state index contributed by atoms with van der Waals surface area (Å²) < 4.78 is 27.1. The summed E-state index contributed by atoms with van der Waals surface area (Å²) in [6, 6.07) is 5.01. The van der Waals surface area contributed by atoms with Crippen LogP contribution in [0.1, 0.15) is 12.1 Å². The molecular weight excluding hydrogens is 288 g/mol. The van der Waals surface area contributed by atoms with Gasteiger partial charge in [0, 0.05) is 31.3 Å². The zero-order chi connectivity index (χ0) is 15.3. The van der Waals surface area contributed by atoms with E-state index in [1.807, 2.05) is 0 Å². The molecule has 2 bridgehead atoms. The lowest BCUT2D eigenvalue weighted by atomic mass is 10.0. The van der Waals surface area contributed by atoms with Crippen LogP contribution >= 0.6 is 0 Å². The summed E-state index contributed by atoms with van der Waals surface area (Å²) in [4.78, 5) is 19.6. The van der Waals surface area contributed by atoms with Crippen molar-refractivity contribution in [3.05, 3.63) is 51.9 Å². The van der Waals surface area contributed by atoms with Crippen LogP contribution < -0.4 is 10.5 Å². The Labute approximate surface area is 126 Å². The molecule has 0 radical (unpaired) electrons. The van der Waals surface area contributed by atoms with Crippen LogP contribution in [-0.2, 0) is 6.54 Å². The fraction of sp³-hybridized carbons (Fsp3) is 0.312. The highest BCUT2D eigenvalue weighted by atomic mass is 19.1. The summed E-state index contributed by atoms with van der Waals surface area (Å²) in [6.07, 6.45) is 1.07. The van der Waals surface area contributed by atoms with E-state index in [1.54, 1.807) is 6.07 Å². The van der Waals surface area contributed by atoms with Gasteiger partial charge in [-0.15, -0.1) is 0 Å². The van der Waals surface area contributed by atoms with Crippen molar-refractivity contribution in [3.63, 3.8) is 0 Å². The highest BCUT2D eigenvalue weighted by Gasteiger charge is 2.27. The number of fused-ring (bicyclic) bond motifs is 4. The van der Waals surface area contributed by atoms with Crippen LogP contribution in [-0.4, -0.2) is 29.6 Å². The quantitative estimate of drug-likeness (QED) is 0.879. The first-order valence-electron chi connectivity index (χ1n) is 7.31. The van der Waals surface area contributed by atoms with Gasteiger partial charge in [0.1, 0.15) is 11.6 Å². The van der Waals surface area contributed by atoms with E-state index in [2.05, 4.69) is 14.8 Å². The molecule has 22 heavy (non-hydrogen) atoms. The number of aromatic nitrogens is 1. The maximum Gasteiger partial charge on any atom is 0.256 e.